The summed E-state index contributed by atoms with van der Waals surface area (Å²) in [6, 6.07) is 18.6. The van der Waals surface area contributed by atoms with E-state index in [1.54, 1.807) is 0 Å². The largest absolute Gasteiger partial charge is 0.383 e. The van der Waals surface area contributed by atoms with Crippen molar-refractivity contribution < 1.29 is 10.2 Å². The van der Waals surface area contributed by atoms with E-state index in [0.29, 0.717) is 8.96 Å². The van der Waals surface area contributed by atoms with Gasteiger partial charge in [0.15, 0.2) is 0 Å². The molecule has 0 saturated carbocycles. The maximum atomic E-state index is 10.3. The van der Waals surface area contributed by atoms with Crippen molar-refractivity contribution in [2.45, 2.75) is 12.2 Å². The van der Waals surface area contributed by atoms with Crippen LogP contribution in [0.4, 0.5) is 0 Å². The second-order valence-corrected chi connectivity index (χ2v) is 6.03. The first kappa shape index (κ1) is 15.4. The van der Waals surface area contributed by atoms with E-state index in [1.807, 2.05) is 60.7 Å². The Morgan fingerprint density at radius 2 is 0.950 bits per heavy atom. The maximum Gasteiger partial charge on any atom is 0.111 e. The lowest BCUT2D eigenvalue weighted by atomic mass is 10.1. The molecule has 2 atom stereocenters. The maximum absolute atomic E-state index is 10.3. The van der Waals surface area contributed by atoms with E-state index in [1.165, 1.54) is 0 Å². The van der Waals surface area contributed by atoms with Crippen LogP contribution in [0, 0.1) is 0 Å². The molecule has 0 fully saturated rings. The zero-order valence-electron chi connectivity index (χ0n) is 10.6. The van der Waals surface area contributed by atoms with Crippen molar-refractivity contribution in [2.24, 2.45) is 0 Å². The molecule has 0 bridgehead atoms. The summed E-state index contributed by atoms with van der Waals surface area (Å²) >= 11 is 6.73. The molecule has 0 spiro atoms. The zero-order valence-corrected chi connectivity index (χ0v) is 13.8. The molecule has 2 nitrogen and oxygen atoms in total. The fourth-order valence-electron chi connectivity index (χ4n) is 1.82. The zero-order chi connectivity index (χ0) is 14.5. The molecule has 2 N–H and O–H groups in total. The van der Waals surface area contributed by atoms with E-state index >= 15 is 0 Å². The summed E-state index contributed by atoms with van der Waals surface area (Å²) in [6.45, 7) is 0. The van der Waals surface area contributed by atoms with Gasteiger partial charge in [-0.1, -0.05) is 92.5 Å². The van der Waals surface area contributed by atoms with Gasteiger partial charge < -0.3 is 10.2 Å². The lowest BCUT2D eigenvalue weighted by Crippen LogP contribution is -2.03. The summed E-state index contributed by atoms with van der Waals surface area (Å²) in [7, 11) is 0. The van der Waals surface area contributed by atoms with Crippen molar-refractivity contribution in [2.75, 3.05) is 0 Å². The molecule has 2 aromatic carbocycles. The Kier molecular flexibility index (Phi) is 5.54. The van der Waals surface area contributed by atoms with Crippen LogP contribution in [0.25, 0.3) is 0 Å². The molecule has 104 valence electrons. The van der Waals surface area contributed by atoms with E-state index in [0.717, 1.165) is 11.1 Å². The van der Waals surface area contributed by atoms with Crippen LogP contribution in [0.2, 0.25) is 0 Å². The molecular weight excluding hydrogens is 384 g/mol. The SMILES string of the molecule is O[C@@H](/C(Br)=C(\Br)[C@H](O)c1ccccc1)c1ccccc1. The van der Waals surface area contributed by atoms with Gasteiger partial charge in [0, 0.05) is 8.96 Å². The fraction of sp³-hybridized carbons (Fsp3) is 0.125. The summed E-state index contributed by atoms with van der Waals surface area (Å²) < 4.78 is 1.03. The molecule has 0 radical (unpaired) electrons. The average Bonchev–Trinajstić information content (AvgIpc) is 2.53. The molecule has 0 aromatic heterocycles. The third kappa shape index (κ3) is 3.58. The molecule has 20 heavy (non-hydrogen) atoms. The highest BCUT2D eigenvalue weighted by molar-refractivity contribution is 9.14. The number of benzene rings is 2. The standard InChI is InChI=1S/C16H14Br2O2/c17-13(15(19)11-7-3-1-4-8-11)14(18)16(20)12-9-5-2-6-10-12/h1-10,15-16,19-20H/b14-13+/t15-,16-/m1/s1. The minimum atomic E-state index is -0.816. The topological polar surface area (TPSA) is 40.5 Å². The summed E-state index contributed by atoms with van der Waals surface area (Å²) in [5.74, 6) is 0. The summed E-state index contributed by atoms with van der Waals surface area (Å²) in [4.78, 5) is 0. The predicted octanol–water partition coefficient (Wildman–Crippen LogP) is 4.46. The Hall–Kier alpha value is -0.940. The van der Waals surface area contributed by atoms with E-state index in [9.17, 15) is 10.2 Å². The van der Waals surface area contributed by atoms with Crippen molar-refractivity contribution in [1.82, 2.24) is 0 Å². The molecule has 0 aliphatic heterocycles. The number of rotatable bonds is 4. The van der Waals surface area contributed by atoms with Crippen molar-refractivity contribution >= 4 is 31.9 Å². The van der Waals surface area contributed by atoms with Crippen molar-refractivity contribution in [3.63, 3.8) is 0 Å². The molecule has 0 heterocycles. The molecule has 4 heteroatoms. The molecule has 2 rings (SSSR count). The lowest BCUT2D eigenvalue weighted by Gasteiger charge is -2.16. The average molecular weight is 398 g/mol. The van der Waals surface area contributed by atoms with Crippen LogP contribution in [0.15, 0.2) is 69.6 Å². The van der Waals surface area contributed by atoms with Crippen LogP contribution < -0.4 is 0 Å². The quantitative estimate of drug-likeness (QED) is 0.799. The summed E-state index contributed by atoms with van der Waals surface area (Å²) in [5.41, 5.74) is 1.52. The summed E-state index contributed by atoms with van der Waals surface area (Å²) in [6.07, 6.45) is -1.63. The van der Waals surface area contributed by atoms with Crippen LogP contribution in [-0.4, -0.2) is 10.2 Å². The first-order chi connectivity index (χ1) is 9.61. The number of hydrogen-bond donors (Lipinski definition) is 2. The van der Waals surface area contributed by atoms with E-state index < -0.39 is 12.2 Å². The summed E-state index contributed by atoms with van der Waals surface area (Å²) in [5, 5.41) is 20.6. The molecule has 2 aromatic rings. The van der Waals surface area contributed by atoms with Crippen LogP contribution in [0.1, 0.15) is 23.3 Å². The second-order valence-electron chi connectivity index (χ2n) is 4.32. The van der Waals surface area contributed by atoms with Crippen LogP contribution >= 0.6 is 31.9 Å². The smallest absolute Gasteiger partial charge is 0.111 e. The Morgan fingerprint density at radius 3 is 1.25 bits per heavy atom. The highest BCUT2D eigenvalue weighted by Crippen LogP contribution is 2.37. The van der Waals surface area contributed by atoms with Gasteiger partial charge in [0.2, 0.25) is 0 Å². The van der Waals surface area contributed by atoms with Crippen LogP contribution in [-0.2, 0) is 0 Å². The molecule has 0 aliphatic carbocycles. The predicted molar refractivity (Wildman–Crippen MR) is 87.7 cm³/mol. The van der Waals surface area contributed by atoms with Gasteiger partial charge in [0.25, 0.3) is 0 Å². The first-order valence-electron chi connectivity index (χ1n) is 6.12. The van der Waals surface area contributed by atoms with Gasteiger partial charge >= 0.3 is 0 Å². The molecular formula is C16H14Br2O2. The van der Waals surface area contributed by atoms with Crippen molar-refractivity contribution in [1.29, 1.82) is 0 Å². The Labute approximate surface area is 135 Å². The number of hydrogen-bond acceptors (Lipinski definition) is 2. The van der Waals surface area contributed by atoms with Crippen LogP contribution in [0.3, 0.4) is 0 Å². The van der Waals surface area contributed by atoms with E-state index in [-0.39, 0.29) is 0 Å². The van der Waals surface area contributed by atoms with Gasteiger partial charge in [0.1, 0.15) is 12.2 Å². The van der Waals surface area contributed by atoms with Gasteiger partial charge in [-0.2, -0.15) is 0 Å². The Bertz CT molecular complexity index is 528. The first-order valence-corrected chi connectivity index (χ1v) is 7.71. The van der Waals surface area contributed by atoms with E-state index in [4.69, 9.17) is 0 Å². The molecule has 0 aliphatic rings. The van der Waals surface area contributed by atoms with Crippen molar-refractivity contribution in [3.8, 4) is 0 Å². The lowest BCUT2D eigenvalue weighted by molar-refractivity contribution is 0.207. The van der Waals surface area contributed by atoms with Crippen molar-refractivity contribution in [3.05, 3.63) is 80.8 Å². The third-order valence-corrected chi connectivity index (χ3v) is 5.19. The number of halogens is 2. The van der Waals surface area contributed by atoms with Gasteiger partial charge in [0.05, 0.1) is 0 Å². The Morgan fingerprint density at radius 1 is 0.650 bits per heavy atom. The highest BCUT2D eigenvalue weighted by atomic mass is 79.9. The normalized spacial score (nSPS) is 15.4. The van der Waals surface area contributed by atoms with Gasteiger partial charge in [-0.3, -0.25) is 0 Å². The monoisotopic (exact) mass is 396 g/mol. The second kappa shape index (κ2) is 7.18. The Balaban J connectivity index is 2.27. The number of aliphatic hydroxyl groups excluding tert-OH is 2. The molecule has 0 saturated heterocycles. The number of aliphatic hydroxyl groups is 2. The van der Waals surface area contributed by atoms with E-state index in [2.05, 4.69) is 31.9 Å². The minimum Gasteiger partial charge on any atom is -0.383 e. The molecule has 0 amide bonds. The molecule has 0 unspecified atom stereocenters. The fourth-order valence-corrected chi connectivity index (χ4v) is 2.79. The van der Waals surface area contributed by atoms with Crippen LogP contribution in [0.5, 0.6) is 0 Å². The third-order valence-electron chi connectivity index (χ3n) is 2.94. The highest BCUT2D eigenvalue weighted by Gasteiger charge is 2.20. The van der Waals surface area contributed by atoms with Gasteiger partial charge in [-0.25, -0.2) is 0 Å². The minimum absolute atomic E-state index is 0.514. The van der Waals surface area contributed by atoms with Gasteiger partial charge in [-0.15, -0.1) is 0 Å². The van der Waals surface area contributed by atoms with Gasteiger partial charge in [-0.05, 0) is 11.1 Å².